The van der Waals surface area contributed by atoms with Crippen molar-refractivity contribution in [1.29, 1.82) is 0 Å². The minimum atomic E-state index is -0.500. The predicted octanol–water partition coefficient (Wildman–Crippen LogP) is 3.91. The van der Waals surface area contributed by atoms with Crippen LogP contribution in [0, 0.1) is 11.8 Å². The fraction of sp³-hybridized carbons (Fsp3) is 0.517. The van der Waals surface area contributed by atoms with Gasteiger partial charge >= 0.3 is 0 Å². The first-order chi connectivity index (χ1) is 17.9. The molecule has 0 radical (unpaired) electrons. The number of carbonyl (C=O) groups is 3. The molecule has 4 atom stereocenters. The van der Waals surface area contributed by atoms with Crippen molar-refractivity contribution in [3.05, 3.63) is 53.2 Å². The average molecular weight is 502 g/mol. The predicted molar refractivity (Wildman–Crippen MR) is 142 cm³/mol. The van der Waals surface area contributed by atoms with Gasteiger partial charge < -0.3 is 21.3 Å². The van der Waals surface area contributed by atoms with E-state index in [9.17, 15) is 14.4 Å². The average Bonchev–Trinajstić information content (AvgIpc) is 3.80. The van der Waals surface area contributed by atoms with E-state index in [4.69, 9.17) is 5.73 Å². The van der Waals surface area contributed by atoms with Crippen molar-refractivity contribution >= 4 is 29.1 Å². The van der Waals surface area contributed by atoms with Gasteiger partial charge in [-0.2, -0.15) is 0 Å². The number of fused-ring (bicyclic) bond motifs is 2. The second-order valence-corrected chi connectivity index (χ2v) is 11.4. The second kappa shape index (κ2) is 9.47. The van der Waals surface area contributed by atoms with Gasteiger partial charge in [-0.3, -0.25) is 14.4 Å². The van der Waals surface area contributed by atoms with Crippen molar-refractivity contribution in [1.82, 2.24) is 10.3 Å². The number of ketones is 1. The largest absolute Gasteiger partial charge is 0.382 e. The summed E-state index contributed by atoms with van der Waals surface area (Å²) >= 11 is 0. The zero-order chi connectivity index (χ0) is 25.7. The fourth-order valence-electron chi connectivity index (χ4n) is 6.18. The van der Waals surface area contributed by atoms with Crippen molar-refractivity contribution in [2.75, 3.05) is 10.2 Å². The molecule has 4 aliphatic rings. The Morgan fingerprint density at radius 3 is 2.27 bits per heavy atom. The molecule has 2 amide bonds. The summed E-state index contributed by atoms with van der Waals surface area (Å²) in [5, 5.41) is 6.65. The van der Waals surface area contributed by atoms with Crippen molar-refractivity contribution in [2.45, 2.75) is 82.5 Å². The number of primary amides is 1. The van der Waals surface area contributed by atoms with E-state index in [-0.39, 0.29) is 29.7 Å². The third-order valence-corrected chi connectivity index (χ3v) is 8.57. The van der Waals surface area contributed by atoms with Gasteiger partial charge in [-0.05, 0) is 94.5 Å². The van der Waals surface area contributed by atoms with E-state index in [1.54, 1.807) is 24.4 Å². The summed E-state index contributed by atoms with van der Waals surface area (Å²) in [4.78, 5) is 44.5. The first-order valence-electron chi connectivity index (χ1n) is 13.7. The molecule has 8 nitrogen and oxygen atoms in total. The number of piperidine rings is 1. The molecule has 37 heavy (non-hydrogen) atoms. The highest BCUT2D eigenvalue weighted by Crippen LogP contribution is 2.39. The molecule has 3 heterocycles. The molecule has 0 spiro atoms. The number of rotatable bonds is 9. The lowest BCUT2D eigenvalue weighted by Crippen LogP contribution is -2.50. The van der Waals surface area contributed by atoms with Crippen LogP contribution in [0.15, 0.2) is 36.5 Å². The Balaban J connectivity index is 1.11. The lowest BCUT2D eigenvalue weighted by molar-refractivity contribution is 0.0924. The van der Waals surface area contributed by atoms with Crippen molar-refractivity contribution in [2.24, 2.45) is 17.6 Å². The summed E-state index contributed by atoms with van der Waals surface area (Å²) in [6.45, 7) is 2.10. The van der Waals surface area contributed by atoms with E-state index in [0.717, 1.165) is 44.3 Å². The maximum absolute atomic E-state index is 13.2. The van der Waals surface area contributed by atoms with Crippen LogP contribution in [0.25, 0.3) is 0 Å². The number of amides is 2. The summed E-state index contributed by atoms with van der Waals surface area (Å²) in [5.41, 5.74) is 7.87. The molecule has 2 bridgehead atoms. The normalized spacial score (nSPS) is 25.4. The number of nitrogens with zero attached hydrogens (tertiary/aromatic N) is 2. The first-order valence-corrected chi connectivity index (χ1v) is 13.7. The van der Waals surface area contributed by atoms with Crippen LogP contribution in [0.4, 0.5) is 11.5 Å². The number of pyridine rings is 1. The van der Waals surface area contributed by atoms with Crippen LogP contribution in [0.2, 0.25) is 0 Å². The topological polar surface area (TPSA) is 117 Å². The fourth-order valence-corrected chi connectivity index (χ4v) is 6.18. The van der Waals surface area contributed by atoms with Crippen LogP contribution in [-0.4, -0.2) is 46.7 Å². The van der Waals surface area contributed by atoms with Gasteiger partial charge in [0.1, 0.15) is 5.82 Å². The Morgan fingerprint density at radius 1 is 0.973 bits per heavy atom. The smallest absolute Gasteiger partial charge is 0.251 e. The highest BCUT2D eigenvalue weighted by atomic mass is 16.2. The van der Waals surface area contributed by atoms with Gasteiger partial charge in [-0.15, -0.1) is 0 Å². The Bertz CT molecular complexity index is 1210. The third kappa shape index (κ3) is 4.93. The Morgan fingerprint density at radius 2 is 1.68 bits per heavy atom. The molecule has 1 aromatic carbocycles. The van der Waals surface area contributed by atoms with Gasteiger partial charge in [-0.1, -0.05) is 0 Å². The van der Waals surface area contributed by atoms with Crippen molar-refractivity contribution < 1.29 is 14.4 Å². The molecule has 2 unspecified atom stereocenters. The second-order valence-electron chi connectivity index (χ2n) is 11.4. The zero-order valence-corrected chi connectivity index (χ0v) is 21.3. The van der Waals surface area contributed by atoms with E-state index in [1.807, 2.05) is 12.1 Å². The number of carbonyl (C=O) groups excluding carboxylic acids is 3. The Hall–Kier alpha value is -3.42. The van der Waals surface area contributed by atoms with E-state index < -0.39 is 5.91 Å². The molecule has 194 valence electrons. The zero-order valence-electron chi connectivity index (χ0n) is 21.3. The van der Waals surface area contributed by atoms with Gasteiger partial charge in [0.15, 0.2) is 5.78 Å². The molecule has 2 aliphatic carbocycles. The van der Waals surface area contributed by atoms with Gasteiger partial charge in [0.05, 0.1) is 5.56 Å². The van der Waals surface area contributed by atoms with Gasteiger partial charge in [0, 0.05) is 53.1 Å². The Kier molecular flexibility index (Phi) is 6.13. The maximum Gasteiger partial charge on any atom is 0.251 e. The van der Waals surface area contributed by atoms with Gasteiger partial charge in [0.25, 0.3) is 11.8 Å². The minimum Gasteiger partial charge on any atom is -0.382 e. The number of Topliss-reactive ketones (excluding diaryl/α,β-unsaturated/α-hetero) is 1. The lowest BCUT2D eigenvalue weighted by Gasteiger charge is -2.40. The molecule has 2 saturated carbocycles. The van der Waals surface area contributed by atoms with E-state index >= 15 is 0 Å². The number of benzene rings is 1. The molecule has 2 aliphatic heterocycles. The van der Waals surface area contributed by atoms with Gasteiger partial charge in [-0.25, -0.2) is 4.98 Å². The van der Waals surface area contributed by atoms with Crippen LogP contribution < -0.4 is 21.3 Å². The summed E-state index contributed by atoms with van der Waals surface area (Å²) in [6, 6.07) is 9.92. The summed E-state index contributed by atoms with van der Waals surface area (Å²) in [6.07, 6.45) is 9.94. The standard InChI is InChI=1S/C29H35N5O3/c1-16(17-2-3-17)32-25-12-19(6-10-24(25)28(30)36)29(37)33-21-13-22-8-9-23(14-21)34(22)26-11-7-20(15-31-26)27(35)18-4-5-18/h6-7,10-12,15-18,21-23,32H,2-5,8-9,13-14H2,1H3,(H2,30,36)(H,33,37)/t16?,21?,22-,23+. The van der Waals surface area contributed by atoms with Crippen LogP contribution in [0.5, 0.6) is 0 Å². The van der Waals surface area contributed by atoms with E-state index in [2.05, 4.69) is 27.4 Å². The number of hydrogen-bond acceptors (Lipinski definition) is 6. The van der Waals surface area contributed by atoms with Crippen LogP contribution in [0.3, 0.4) is 0 Å². The summed E-state index contributed by atoms with van der Waals surface area (Å²) < 4.78 is 0. The molecular formula is C29H35N5O3. The lowest BCUT2D eigenvalue weighted by atomic mass is 9.96. The van der Waals surface area contributed by atoms with E-state index in [1.165, 1.54) is 12.8 Å². The highest BCUT2D eigenvalue weighted by Gasteiger charge is 2.42. The molecule has 4 fully saturated rings. The molecule has 1 aromatic heterocycles. The Labute approximate surface area is 217 Å². The molecule has 8 heteroatoms. The SMILES string of the molecule is CC(Nc1cc(C(=O)NC2C[C@H]3CC[C@@H](C2)N3c2ccc(C(=O)C3CC3)cn2)ccc1C(N)=O)C1CC1. The molecule has 4 N–H and O–H groups in total. The van der Waals surface area contributed by atoms with Crippen LogP contribution in [0.1, 0.15) is 89.4 Å². The molecule has 2 aromatic rings. The monoisotopic (exact) mass is 501 g/mol. The van der Waals surface area contributed by atoms with Gasteiger partial charge in [0.2, 0.25) is 0 Å². The van der Waals surface area contributed by atoms with Crippen LogP contribution in [-0.2, 0) is 0 Å². The number of nitrogens with two attached hydrogens (primary N) is 1. The van der Waals surface area contributed by atoms with Crippen LogP contribution >= 0.6 is 0 Å². The molecular weight excluding hydrogens is 466 g/mol. The number of hydrogen-bond donors (Lipinski definition) is 3. The maximum atomic E-state index is 13.2. The highest BCUT2D eigenvalue weighted by molar-refractivity contribution is 6.02. The van der Waals surface area contributed by atoms with Crippen molar-refractivity contribution in [3.63, 3.8) is 0 Å². The van der Waals surface area contributed by atoms with E-state index in [0.29, 0.717) is 40.4 Å². The molecule has 6 rings (SSSR count). The summed E-state index contributed by atoms with van der Waals surface area (Å²) in [7, 11) is 0. The number of aromatic nitrogens is 1. The number of anilines is 2. The minimum absolute atomic E-state index is 0.0783. The molecule has 2 saturated heterocycles. The quantitative estimate of drug-likeness (QED) is 0.449. The first kappa shape index (κ1) is 23.9. The number of nitrogens with one attached hydrogen (secondary N) is 2. The summed E-state index contributed by atoms with van der Waals surface area (Å²) in [5.74, 6) is 1.31. The van der Waals surface area contributed by atoms with Crippen molar-refractivity contribution in [3.8, 4) is 0 Å². The third-order valence-electron chi connectivity index (χ3n) is 8.57.